The second-order valence-corrected chi connectivity index (χ2v) is 2.62. The Kier molecular flexibility index (Phi) is 1.60. The largest absolute Gasteiger partial charge is 0.586 e. The second-order valence-electron chi connectivity index (χ2n) is 2.62. The van der Waals surface area contributed by atoms with Gasteiger partial charge in [0.05, 0.1) is 5.97 Å². The summed E-state index contributed by atoms with van der Waals surface area (Å²) in [5.41, 5.74) is -0.245. The number of fused-ring (bicyclic) bond motifs is 1. The zero-order valence-corrected chi connectivity index (χ0v) is 6.62. The van der Waals surface area contributed by atoms with Gasteiger partial charge in [-0.2, -0.15) is 0 Å². The average Bonchev–Trinajstić information content (AvgIpc) is 2.36. The van der Waals surface area contributed by atoms with Crippen LogP contribution in [0.25, 0.3) is 0 Å². The van der Waals surface area contributed by atoms with Crippen LogP contribution in [0.1, 0.15) is 10.4 Å². The number of hydrogen-bond donors (Lipinski definition) is 0. The zero-order valence-electron chi connectivity index (χ0n) is 6.62. The van der Waals surface area contributed by atoms with Crippen molar-refractivity contribution in [3.63, 3.8) is 0 Å². The summed E-state index contributed by atoms with van der Waals surface area (Å²) in [6.07, 6.45) is -3.73. The van der Waals surface area contributed by atoms with Crippen molar-refractivity contribution in [1.29, 1.82) is 0 Å². The number of hydrogen-bond acceptors (Lipinski definition) is 4. The average molecular weight is 201 g/mol. The van der Waals surface area contributed by atoms with Crippen LogP contribution in [0.2, 0.25) is 0 Å². The van der Waals surface area contributed by atoms with Crippen molar-refractivity contribution < 1.29 is 28.2 Å². The van der Waals surface area contributed by atoms with E-state index in [4.69, 9.17) is 0 Å². The SMILES string of the molecule is O=C([O-])c1ccc2c(c1)OC(F)(F)O2. The highest BCUT2D eigenvalue weighted by Gasteiger charge is 2.43. The van der Waals surface area contributed by atoms with Gasteiger partial charge in [-0.15, -0.1) is 8.78 Å². The molecule has 0 saturated carbocycles. The Bertz CT molecular complexity index is 402. The van der Waals surface area contributed by atoms with Crippen molar-refractivity contribution in [2.45, 2.75) is 6.29 Å². The molecule has 2 rings (SSSR count). The van der Waals surface area contributed by atoms with Gasteiger partial charge in [-0.25, -0.2) is 0 Å². The molecule has 0 saturated heterocycles. The summed E-state index contributed by atoms with van der Waals surface area (Å²) in [5, 5.41) is 10.4. The van der Waals surface area contributed by atoms with Crippen molar-refractivity contribution in [3.8, 4) is 11.5 Å². The van der Waals surface area contributed by atoms with E-state index in [-0.39, 0.29) is 17.1 Å². The Morgan fingerprint density at radius 2 is 1.93 bits per heavy atom. The lowest BCUT2D eigenvalue weighted by Crippen LogP contribution is -2.26. The first-order valence-electron chi connectivity index (χ1n) is 3.59. The third kappa shape index (κ3) is 1.34. The zero-order chi connectivity index (χ0) is 10.3. The van der Waals surface area contributed by atoms with E-state index in [1.807, 2.05) is 0 Å². The predicted octanol–water partition coefficient (Wildman–Crippen LogP) is 0.372. The Labute approximate surface area is 76.7 Å². The van der Waals surface area contributed by atoms with Crippen LogP contribution in [-0.2, 0) is 0 Å². The van der Waals surface area contributed by atoms with Gasteiger partial charge in [0.25, 0.3) is 0 Å². The van der Waals surface area contributed by atoms with Gasteiger partial charge in [-0.1, -0.05) is 0 Å². The van der Waals surface area contributed by atoms with E-state index in [9.17, 15) is 18.7 Å². The fourth-order valence-corrected chi connectivity index (χ4v) is 1.08. The van der Waals surface area contributed by atoms with Crippen molar-refractivity contribution >= 4 is 5.97 Å². The smallest absolute Gasteiger partial charge is 0.545 e. The molecule has 0 bridgehead atoms. The van der Waals surface area contributed by atoms with E-state index in [1.165, 1.54) is 0 Å². The Balaban J connectivity index is 2.40. The van der Waals surface area contributed by atoms with Gasteiger partial charge < -0.3 is 19.4 Å². The van der Waals surface area contributed by atoms with Gasteiger partial charge >= 0.3 is 6.29 Å². The number of rotatable bonds is 1. The van der Waals surface area contributed by atoms with Crippen LogP contribution < -0.4 is 14.6 Å². The first-order valence-corrected chi connectivity index (χ1v) is 3.59. The fraction of sp³-hybridized carbons (Fsp3) is 0.125. The van der Waals surface area contributed by atoms with Crippen molar-refractivity contribution in [2.24, 2.45) is 0 Å². The highest BCUT2D eigenvalue weighted by atomic mass is 19.3. The van der Waals surface area contributed by atoms with Crippen LogP contribution in [0, 0.1) is 0 Å². The molecule has 1 aliphatic rings. The summed E-state index contributed by atoms with van der Waals surface area (Å²) in [6.45, 7) is 0. The van der Waals surface area contributed by atoms with Gasteiger partial charge in [0, 0.05) is 5.56 Å². The van der Waals surface area contributed by atoms with E-state index in [0.717, 1.165) is 18.2 Å². The van der Waals surface area contributed by atoms with E-state index >= 15 is 0 Å². The van der Waals surface area contributed by atoms with Crippen LogP contribution in [0.4, 0.5) is 8.78 Å². The maximum absolute atomic E-state index is 12.5. The lowest BCUT2D eigenvalue weighted by atomic mass is 10.2. The molecule has 6 heteroatoms. The molecule has 1 aliphatic heterocycles. The lowest BCUT2D eigenvalue weighted by molar-refractivity contribution is -0.286. The third-order valence-electron chi connectivity index (χ3n) is 1.64. The molecule has 0 atom stereocenters. The number of carbonyl (C=O) groups excluding carboxylic acids is 1. The maximum atomic E-state index is 12.5. The van der Waals surface area contributed by atoms with Gasteiger partial charge in [0.15, 0.2) is 11.5 Å². The highest BCUT2D eigenvalue weighted by Crippen LogP contribution is 2.40. The second kappa shape index (κ2) is 2.57. The number of alkyl halides is 2. The molecule has 0 unspecified atom stereocenters. The normalized spacial score (nSPS) is 16.7. The van der Waals surface area contributed by atoms with Crippen molar-refractivity contribution in [1.82, 2.24) is 0 Å². The van der Waals surface area contributed by atoms with E-state index in [1.54, 1.807) is 0 Å². The maximum Gasteiger partial charge on any atom is 0.586 e. The van der Waals surface area contributed by atoms with Crippen molar-refractivity contribution in [2.75, 3.05) is 0 Å². The topological polar surface area (TPSA) is 58.6 Å². The summed E-state index contributed by atoms with van der Waals surface area (Å²) >= 11 is 0. The standard InChI is InChI=1S/C8H4F2O4/c9-8(10)13-5-2-1-4(7(11)12)3-6(5)14-8/h1-3H,(H,11,12)/p-1. The molecule has 1 aromatic rings. The number of carboxylic acids is 1. The van der Waals surface area contributed by atoms with Gasteiger partial charge in [-0.05, 0) is 18.2 Å². The molecule has 14 heavy (non-hydrogen) atoms. The number of halogens is 2. The minimum atomic E-state index is -3.73. The molecule has 0 N–H and O–H groups in total. The number of carbonyl (C=O) groups is 1. The summed E-state index contributed by atoms with van der Waals surface area (Å²) in [5.74, 6) is -1.97. The number of aromatic carboxylic acids is 1. The number of carboxylic acid groups (broad SMARTS) is 1. The van der Waals surface area contributed by atoms with Crippen LogP contribution >= 0.6 is 0 Å². The quantitative estimate of drug-likeness (QED) is 0.658. The van der Waals surface area contributed by atoms with Crippen LogP contribution in [0.3, 0.4) is 0 Å². The monoisotopic (exact) mass is 201 g/mol. The van der Waals surface area contributed by atoms with Gasteiger partial charge in [0.2, 0.25) is 0 Å². The molecular weight excluding hydrogens is 198 g/mol. The Hall–Kier alpha value is -1.85. The summed E-state index contributed by atoms with van der Waals surface area (Å²) in [6, 6.07) is 3.10. The minimum Gasteiger partial charge on any atom is -0.545 e. The van der Waals surface area contributed by atoms with E-state index < -0.39 is 12.3 Å². The Morgan fingerprint density at radius 3 is 2.57 bits per heavy atom. The van der Waals surface area contributed by atoms with Crippen LogP contribution in [0.15, 0.2) is 18.2 Å². The molecule has 0 fully saturated rings. The van der Waals surface area contributed by atoms with Crippen LogP contribution in [-0.4, -0.2) is 12.3 Å². The molecule has 0 aromatic heterocycles. The molecule has 0 radical (unpaired) electrons. The number of benzene rings is 1. The van der Waals surface area contributed by atoms with Gasteiger partial charge in [0.1, 0.15) is 0 Å². The molecule has 74 valence electrons. The molecule has 0 spiro atoms. The molecule has 1 aromatic carbocycles. The summed E-state index contributed by atoms with van der Waals surface area (Å²) in [7, 11) is 0. The minimum absolute atomic E-state index is 0.194. The molecule has 1 heterocycles. The Morgan fingerprint density at radius 1 is 1.29 bits per heavy atom. The van der Waals surface area contributed by atoms with E-state index in [0.29, 0.717) is 0 Å². The molecule has 0 amide bonds. The van der Waals surface area contributed by atoms with Crippen molar-refractivity contribution in [3.05, 3.63) is 23.8 Å². The summed E-state index contributed by atoms with van der Waals surface area (Å²) < 4.78 is 33.0. The lowest BCUT2D eigenvalue weighted by Gasteiger charge is -2.04. The first kappa shape index (κ1) is 8.74. The highest BCUT2D eigenvalue weighted by molar-refractivity contribution is 5.86. The summed E-state index contributed by atoms with van der Waals surface area (Å²) in [4.78, 5) is 10.4. The molecule has 0 aliphatic carbocycles. The number of ether oxygens (including phenoxy) is 2. The molecular formula is C8H3F2O4-. The van der Waals surface area contributed by atoms with E-state index in [2.05, 4.69) is 9.47 Å². The third-order valence-corrected chi connectivity index (χ3v) is 1.64. The van der Waals surface area contributed by atoms with Gasteiger partial charge in [-0.3, -0.25) is 0 Å². The first-order chi connectivity index (χ1) is 6.48. The fourth-order valence-electron chi connectivity index (χ4n) is 1.08. The van der Waals surface area contributed by atoms with Crippen LogP contribution in [0.5, 0.6) is 11.5 Å². The predicted molar refractivity (Wildman–Crippen MR) is 37.0 cm³/mol. The molecule has 4 nitrogen and oxygen atoms in total.